The average Bonchev–Trinajstić information content (AvgIpc) is 3.11. The molecule has 8 heteroatoms. The summed E-state index contributed by atoms with van der Waals surface area (Å²) in [5.41, 5.74) is 2.50. The van der Waals surface area contributed by atoms with Crippen molar-refractivity contribution in [2.24, 2.45) is 11.8 Å². The number of anilines is 2. The van der Waals surface area contributed by atoms with Crippen LogP contribution < -0.4 is 16.6 Å². The van der Waals surface area contributed by atoms with Crippen LogP contribution in [-0.4, -0.2) is 20.9 Å². The van der Waals surface area contributed by atoms with Crippen LogP contribution in [0.4, 0.5) is 17.5 Å². The molecular formula is C10H16N6O2. The molecule has 1 aromatic heterocycles. The Morgan fingerprint density at radius 1 is 1.50 bits per heavy atom. The second kappa shape index (κ2) is 4.73. The molecule has 8 nitrogen and oxygen atoms in total. The second-order valence-electron chi connectivity index (χ2n) is 4.50. The van der Waals surface area contributed by atoms with Crippen molar-refractivity contribution in [2.75, 3.05) is 10.7 Å². The van der Waals surface area contributed by atoms with Gasteiger partial charge in [0, 0.05) is 6.04 Å². The molecule has 1 saturated carbocycles. The Kier molecular flexibility index (Phi) is 3.28. The summed E-state index contributed by atoms with van der Waals surface area (Å²) >= 11 is 0. The van der Waals surface area contributed by atoms with Gasteiger partial charge in [-0.25, -0.2) is 10.8 Å². The number of nitro groups is 1. The van der Waals surface area contributed by atoms with Gasteiger partial charge >= 0.3 is 5.69 Å². The molecule has 2 rings (SSSR count). The molecule has 0 saturated heterocycles. The predicted octanol–water partition coefficient (Wildman–Crippen LogP) is 1.19. The molecule has 4 N–H and O–H groups in total. The summed E-state index contributed by atoms with van der Waals surface area (Å²) < 4.78 is 0. The van der Waals surface area contributed by atoms with E-state index in [-0.39, 0.29) is 29.2 Å². The van der Waals surface area contributed by atoms with Crippen LogP contribution in [0.2, 0.25) is 0 Å². The van der Waals surface area contributed by atoms with E-state index in [9.17, 15) is 10.1 Å². The summed E-state index contributed by atoms with van der Waals surface area (Å²) in [6.45, 7) is 3.56. The van der Waals surface area contributed by atoms with Crippen molar-refractivity contribution in [3.8, 4) is 0 Å². The fraction of sp³-hybridized carbons (Fsp3) is 0.600. The highest BCUT2D eigenvalue weighted by Crippen LogP contribution is 2.35. The SMILES string of the molecule is Cc1nc(NN)nc(NC(C)C2CC2)c1[N+](=O)[O-]. The minimum absolute atomic E-state index is 0.0958. The molecule has 0 radical (unpaired) electrons. The molecule has 18 heavy (non-hydrogen) atoms. The number of nitrogen functional groups attached to an aromatic ring is 1. The van der Waals surface area contributed by atoms with Gasteiger partial charge in [-0.05, 0) is 32.6 Å². The van der Waals surface area contributed by atoms with Crippen molar-refractivity contribution in [1.29, 1.82) is 0 Å². The lowest BCUT2D eigenvalue weighted by Crippen LogP contribution is -2.21. The van der Waals surface area contributed by atoms with Crippen LogP contribution in [0.3, 0.4) is 0 Å². The third kappa shape index (κ3) is 2.48. The molecule has 0 aromatic carbocycles. The van der Waals surface area contributed by atoms with Gasteiger partial charge in [0.1, 0.15) is 5.69 Å². The van der Waals surface area contributed by atoms with Crippen LogP contribution in [0.5, 0.6) is 0 Å². The zero-order valence-corrected chi connectivity index (χ0v) is 10.3. The first-order valence-electron chi connectivity index (χ1n) is 5.79. The van der Waals surface area contributed by atoms with E-state index < -0.39 is 4.92 Å². The van der Waals surface area contributed by atoms with Crippen LogP contribution >= 0.6 is 0 Å². The summed E-state index contributed by atoms with van der Waals surface area (Å²) in [7, 11) is 0. The molecule has 0 aliphatic heterocycles. The molecule has 1 unspecified atom stereocenters. The number of aromatic nitrogens is 2. The van der Waals surface area contributed by atoms with E-state index in [0.29, 0.717) is 5.92 Å². The third-order valence-corrected chi connectivity index (χ3v) is 3.06. The van der Waals surface area contributed by atoms with Gasteiger partial charge in [0.15, 0.2) is 0 Å². The monoisotopic (exact) mass is 252 g/mol. The van der Waals surface area contributed by atoms with Gasteiger partial charge in [-0.1, -0.05) is 0 Å². The minimum Gasteiger partial charge on any atom is -0.361 e. The van der Waals surface area contributed by atoms with Gasteiger partial charge in [0.05, 0.1) is 4.92 Å². The van der Waals surface area contributed by atoms with Crippen molar-refractivity contribution in [3.63, 3.8) is 0 Å². The van der Waals surface area contributed by atoms with Gasteiger partial charge in [0.25, 0.3) is 0 Å². The molecule has 1 aliphatic rings. The number of nitrogens with zero attached hydrogens (tertiary/aromatic N) is 3. The molecule has 1 atom stereocenters. The van der Waals surface area contributed by atoms with E-state index in [0.717, 1.165) is 12.8 Å². The van der Waals surface area contributed by atoms with Gasteiger partial charge in [0.2, 0.25) is 11.8 Å². The lowest BCUT2D eigenvalue weighted by molar-refractivity contribution is -0.385. The number of hydrogen-bond donors (Lipinski definition) is 3. The molecule has 1 heterocycles. The zero-order valence-electron chi connectivity index (χ0n) is 10.3. The Morgan fingerprint density at radius 2 is 2.17 bits per heavy atom. The Labute approximate surface area is 104 Å². The second-order valence-corrected chi connectivity index (χ2v) is 4.50. The Bertz CT molecular complexity index is 474. The van der Waals surface area contributed by atoms with Crippen molar-refractivity contribution in [3.05, 3.63) is 15.8 Å². The molecule has 0 bridgehead atoms. The van der Waals surface area contributed by atoms with E-state index in [1.54, 1.807) is 6.92 Å². The number of hydrogen-bond acceptors (Lipinski definition) is 7. The van der Waals surface area contributed by atoms with Gasteiger partial charge < -0.3 is 5.32 Å². The van der Waals surface area contributed by atoms with Gasteiger partial charge in [-0.15, -0.1) is 0 Å². The molecule has 98 valence electrons. The Balaban J connectivity index is 2.34. The molecule has 1 aliphatic carbocycles. The predicted molar refractivity (Wildman–Crippen MR) is 67.0 cm³/mol. The van der Waals surface area contributed by atoms with E-state index in [1.165, 1.54) is 0 Å². The summed E-state index contributed by atoms with van der Waals surface area (Å²) in [5, 5.41) is 14.1. The van der Waals surface area contributed by atoms with Crippen LogP contribution in [0, 0.1) is 23.0 Å². The maximum absolute atomic E-state index is 11.0. The lowest BCUT2D eigenvalue weighted by Gasteiger charge is -2.14. The van der Waals surface area contributed by atoms with E-state index in [2.05, 4.69) is 20.7 Å². The number of aryl methyl sites for hydroxylation is 1. The molecule has 0 amide bonds. The van der Waals surface area contributed by atoms with E-state index >= 15 is 0 Å². The number of hydrazine groups is 1. The Morgan fingerprint density at radius 3 is 2.67 bits per heavy atom. The summed E-state index contributed by atoms with van der Waals surface area (Å²) in [5.74, 6) is 6.20. The summed E-state index contributed by atoms with van der Waals surface area (Å²) in [6, 6.07) is 0.156. The van der Waals surface area contributed by atoms with E-state index in [1.807, 2.05) is 6.92 Å². The van der Waals surface area contributed by atoms with Crippen LogP contribution in [0.1, 0.15) is 25.5 Å². The standard InChI is InChI=1S/C10H16N6O2/c1-5(7-3-4-7)12-9-8(16(17)18)6(2)13-10(14-9)15-11/h5,7H,3-4,11H2,1-2H3,(H2,12,13,14,15). The maximum atomic E-state index is 11.0. The first-order valence-corrected chi connectivity index (χ1v) is 5.79. The smallest absolute Gasteiger partial charge is 0.332 e. The maximum Gasteiger partial charge on any atom is 0.332 e. The highest BCUT2D eigenvalue weighted by atomic mass is 16.6. The quantitative estimate of drug-likeness (QED) is 0.409. The first kappa shape index (κ1) is 12.5. The molecule has 1 fully saturated rings. The largest absolute Gasteiger partial charge is 0.361 e. The van der Waals surface area contributed by atoms with E-state index in [4.69, 9.17) is 5.84 Å². The third-order valence-electron chi connectivity index (χ3n) is 3.06. The molecular weight excluding hydrogens is 236 g/mol. The molecule has 0 spiro atoms. The molecule has 1 aromatic rings. The number of rotatable bonds is 5. The van der Waals surface area contributed by atoms with Crippen LogP contribution in [0.15, 0.2) is 0 Å². The van der Waals surface area contributed by atoms with Crippen molar-refractivity contribution in [2.45, 2.75) is 32.7 Å². The van der Waals surface area contributed by atoms with Crippen molar-refractivity contribution in [1.82, 2.24) is 9.97 Å². The minimum atomic E-state index is -0.475. The van der Waals surface area contributed by atoms with Crippen LogP contribution in [-0.2, 0) is 0 Å². The topological polar surface area (TPSA) is 119 Å². The Hall–Kier alpha value is -1.96. The highest BCUT2D eigenvalue weighted by Gasteiger charge is 2.31. The van der Waals surface area contributed by atoms with Crippen LogP contribution in [0.25, 0.3) is 0 Å². The fourth-order valence-electron chi connectivity index (χ4n) is 1.88. The highest BCUT2D eigenvalue weighted by molar-refractivity contribution is 5.61. The zero-order chi connectivity index (χ0) is 13.3. The number of nitrogens with one attached hydrogen (secondary N) is 2. The van der Waals surface area contributed by atoms with Gasteiger partial charge in [-0.3, -0.25) is 15.5 Å². The fourth-order valence-corrected chi connectivity index (χ4v) is 1.88. The summed E-state index contributed by atoms with van der Waals surface area (Å²) in [6.07, 6.45) is 2.29. The average molecular weight is 252 g/mol. The lowest BCUT2D eigenvalue weighted by atomic mass is 10.2. The first-order chi connectivity index (χ1) is 8.52. The van der Waals surface area contributed by atoms with Crippen molar-refractivity contribution < 1.29 is 4.92 Å². The normalized spacial score (nSPS) is 16.2. The van der Waals surface area contributed by atoms with Crippen molar-refractivity contribution >= 4 is 17.5 Å². The number of nitrogens with two attached hydrogens (primary N) is 1. The van der Waals surface area contributed by atoms with Gasteiger partial charge in [-0.2, -0.15) is 4.98 Å². The summed E-state index contributed by atoms with van der Waals surface area (Å²) in [4.78, 5) is 18.5.